The molecule has 0 bridgehead atoms. The standard InChI is InChI=1S/C29H18FN.C23H19N3O.Ir/c30-27-17-15-25(16-18-27)29-20-26(19-28(31-29)24-9-5-2-6-10-24)23-13-11-22(12-14-23)21-7-3-1-4-8-21;1-15-10-20(24-13-16(15)2)17-11-19-18-6-4-5-7-22(18)27-23(19)21(12-17)26-9-8-25(3)14-26;/h1-9,11-15,17-20H;4-11,13-14H,1-3H3;/q2*-2;. The molecule has 0 aliphatic carbocycles. The van der Waals surface area contributed by atoms with Crippen LogP contribution in [0.2, 0.25) is 0 Å². The van der Waals surface area contributed by atoms with E-state index < -0.39 is 0 Å². The van der Waals surface area contributed by atoms with Gasteiger partial charge in [0.05, 0.1) is 5.58 Å². The molecule has 0 atom stereocenters. The number of fused-ring (bicyclic) bond motifs is 3. The van der Waals surface area contributed by atoms with Gasteiger partial charge in [-0.2, -0.15) is 6.67 Å². The summed E-state index contributed by atoms with van der Waals surface area (Å²) in [6, 6.07) is 57.3. The number of hydrogen-bond acceptors (Lipinski definition) is 5. The summed E-state index contributed by atoms with van der Waals surface area (Å²) in [5.74, 6) is -0.312. The van der Waals surface area contributed by atoms with Gasteiger partial charge >= 0.3 is 0 Å². The third kappa shape index (κ3) is 8.35. The number of halogens is 1. The van der Waals surface area contributed by atoms with Crippen LogP contribution in [-0.4, -0.2) is 21.9 Å². The summed E-state index contributed by atoms with van der Waals surface area (Å²) in [4.78, 5) is 13.5. The van der Waals surface area contributed by atoms with Gasteiger partial charge in [0.2, 0.25) is 0 Å². The summed E-state index contributed by atoms with van der Waals surface area (Å²) in [6.07, 6.45) is 5.94. The van der Waals surface area contributed by atoms with Crippen LogP contribution in [0.4, 0.5) is 10.1 Å². The predicted octanol–water partition coefficient (Wildman–Crippen LogP) is 12.9. The molecule has 0 saturated heterocycles. The summed E-state index contributed by atoms with van der Waals surface area (Å²) in [6.45, 7) is 6.20. The van der Waals surface area contributed by atoms with E-state index in [0.29, 0.717) is 0 Å². The van der Waals surface area contributed by atoms with Crippen molar-refractivity contribution in [2.75, 3.05) is 11.9 Å². The molecular weight excluding hydrogens is 908 g/mol. The number of aromatic nitrogens is 2. The van der Waals surface area contributed by atoms with Gasteiger partial charge in [0, 0.05) is 37.5 Å². The molecule has 9 aromatic rings. The number of pyridine rings is 2. The summed E-state index contributed by atoms with van der Waals surface area (Å²) >= 11 is 0. The smallest absolute Gasteiger partial charge is 0.121 e. The summed E-state index contributed by atoms with van der Waals surface area (Å²) < 4.78 is 19.6. The van der Waals surface area contributed by atoms with E-state index in [1.165, 1.54) is 34.4 Å². The maximum Gasteiger partial charge on any atom is 0.121 e. The number of anilines is 1. The van der Waals surface area contributed by atoms with E-state index in [2.05, 4.69) is 97.7 Å². The van der Waals surface area contributed by atoms with Crippen molar-refractivity contribution in [1.29, 1.82) is 0 Å². The Morgan fingerprint density at radius 3 is 2.00 bits per heavy atom. The summed E-state index contributed by atoms with van der Waals surface area (Å²) in [5, 5.41) is 2.18. The monoisotopic (exact) mass is 945 g/mol. The Bertz CT molecular complexity index is 2910. The maximum absolute atomic E-state index is 13.4. The average Bonchev–Trinajstić information content (AvgIpc) is 3.88. The molecule has 5 nitrogen and oxygen atoms in total. The number of benzene rings is 6. The summed E-state index contributed by atoms with van der Waals surface area (Å²) in [7, 11) is 2.00. The van der Waals surface area contributed by atoms with Crippen LogP contribution in [0.1, 0.15) is 11.1 Å². The molecule has 4 heterocycles. The topological polar surface area (TPSA) is 45.4 Å². The second kappa shape index (κ2) is 17.1. The zero-order valence-corrected chi connectivity index (χ0v) is 35.0. The van der Waals surface area contributed by atoms with E-state index >= 15 is 0 Å². The van der Waals surface area contributed by atoms with Crippen LogP contribution in [0.15, 0.2) is 169 Å². The summed E-state index contributed by atoms with van der Waals surface area (Å²) in [5.41, 5.74) is 14.6. The average molecular weight is 945 g/mol. The first-order chi connectivity index (χ1) is 28.4. The Morgan fingerprint density at radius 2 is 1.32 bits per heavy atom. The first kappa shape index (κ1) is 39.2. The van der Waals surface area contributed by atoms with Crippen molar-refractivity contribution in [2.45, 2.75) is 13.8 Å². The molecule has 7 heteroatoms. The van der Waals surface area contributed by atoms with Gasteiger partial charge < -0.3 is 24.2 Å². The molecule has 0 N–H and O–H groups in total. The van der Waals surface area contributed by atoms with Crippen LogP contribution in [-0.2, 0) is 20.1 Å². The molecule has 0 fully saturated rings. The molecule has 1 aliphatic heterocycles. The van der Waals surface area contributed by atoms with Crippen LogP contribution in [0.3, 0.4) is 0 Å². The van der Waals surface area contributed by atoms with E-state index in [1.54, 1.807) is 6.07 Å². The second-order valence-corrected chi connectivity index (χ2v) is 14.3. The van der Waals surface area contributed by atoms with Crippen molar-refractivity contribution in [2.24, 2.45) is 0 Å². The fraction of sp³-hybridized carbons (Fsp3) is 0.0577. The van der Waals surface area contributed by atoms with Crippen molar-refractivity contribution in [1.82, 2.24) is 14.9 Å². The van der Waals surface area contributed by atoms with Crippen molar-refractivity contribution < 1.29 is 28.9 Å². The molecule has 0 saturated carbocycles. The zero-order chi connectivity index (χ0) is 39.6. The van der Waals surface area contributed by atoms with E-state index in [0.717, 1.165) is 72.5 Å². The molecule has 0 amide bonds. The van der Waals surface area contributed by atoms with Gasteiger partial charge in [-0.1, -0.05) is 102 Å². The molecule has 0 spiro atoms. The van der Waals surface area contributed by atoms with Crippen LogP contribution in [0.25, 0.3) is 78.0 Å². The minimum absolute atomic E-state index is 0. The number of nitrogens with zero attached hydrogens (tertiary/aromatic N) is 4. The van der Waals surface area contributed by atoms with Crippen molar-refractivity contribution in [3.05, 3.63) is 206 Å². The van der Waals surface area contributed by atoms with Crippen LogP contribution in [0.5, 0.6) is 0 Å². The van der Waals surface area contributed by atoms with Crippen molar-refractivity contribution in [3.63, 3.8) is 0 Å². The van der Waals surface area contributed by atoms with E-state index in [1.807, 2.05) is 109 Å². The number of rotatable bonds is 6. The van der Waals surface area contributed by atoms with E-state index in [-0.39, 0.29) is 25.9 Å². The zero-order valence-electron chi connectivity index (χ0n) is 32.6. The Kier molecular flexibility index (Phi) is 11.3. The third-order valence-electron chi connectivity index (χ3n) is 10.3. The van der Waals surface area contributed by atoms with Crippen molar-refractivity contribution in [3.8, 4) is 56.0 Å². The number of hydrogen-bond donors (Lipinski definition) is 0. The second-order valence-electron chi connectivity index (χ2n) is 14.3. The van der Waals surface area contributed by atoms with Crippen LogP contribution < -0.4 is 4.90 Å². The number of para-hydroxylation sites is 1. The van der Waals surface area contributed by atoms with Crippen LogP contribution in [0, 0.1) is 44.5 Å². The normalized spacial score (nSPS) is 12.1. The van der Waals surface area contributed by atoms with Crippen molar-refractivity contribution >= 4 is 27.6 Å². The molecule has 3 aromatic heterocycles. The maximum atomic E-state index is 13.4. The fourth-order valence-corrected chi connectivity index (χ4v) is 7.00. The Balaban J connectivity index is 0.000000163. The van der Waals surface area contributed by atoms with Crippen LogP contribution >= 0.6 is 0 Å². The molecular formula is C52H37FIrN4O-4. The molecule has 291 valence electrons. The van der Waals surface area contributed by atoms with Gasteiger partial charge in [-0.3, -0.25) is 4.39 Å². The largest absolute Gasteiger partial charge is 0.510 e. The number of aryl methyl sites for hydroxylation is 2. The molecule has 1 aliphatic rings. The fourth-order valence-electron chi connectivity index (χ4n) is 7.00. The quantitative estimate of drug-likeness (QED) is 0.155. The third-order valence-corrected chi connectivity index (χ3v) is 10.3. The molecule has 1 radical (unpaired) electrons. The first-order valence-corrected chi connectivity index (χ1v) is 19.0. The van der Waals surface area contributed by atoms with E-state index in [9.17, 15) is 4.39 Å². The Hall–Kier alpha value is -6.66. The van der Waals surface area contributed by atoms with E-state index in [4.69, 9.17) is 9.40 Å². The predicted molar refractivity (Wildman–Crippen MR) is 233 cm³/mol. The van der Waals surface area contributed by atoms with Gasteiger partial charge in [-0.15, -0.1) is 83.4 Å². The van der Waals surface area contributed by atoms with Gasteiger partial charge in [-0.05, 0) is 89.9 Å². The van der Waals surface area contributed by atoms with Gasteiger partial charge in [0.15, 0.2) is 0 Å². The van der Waals surface area contributed by atoms with Gasteiger partial charge in [-0.25, -0.2) is 0 Å². The molecule has 59 heavy (non-hydrogen) atoms. The molecule has 0 unspecified atom stereocenters. The Labute approximate surface area is 357 Å². The Morgan fingerprint density at radius 1 is 0.627 bits per heavy atom. The van der Waals surface area contributed by atoms with Gasteiger partial charge in [0.25, 0.3) is 0 Å². The SMILES string of the molecule is Cc1cnc(-c2[c-]c(N3C=CN(C)[CH-]3)c3oc4ccccc4c3c2)cc1C.Fc1c[c-]c(-c2cc(-c3ccc(-c4ccccc4)cc3)cc(-c3[c-]cccc3)n2)cc1.[Ir]. The minimum Gasteiger partial charge on any atom is -0.510 e. The molecule has 6 aromatic carbocycles. The molecule has 10 rings (SSSR count). The number of furan rings is 1. The van der Waals surface area contributed by atoms with Gasteiger partial charge in [0.1, 0.15) is 5.58 Å². The minimum atomic E-state index is -0.312. The first-order valence-electron chi connectivity index (χ1n) is 19.0.